The van der Waals surface area contributed by atoms with Crippen molar-refractivity contribution >= 4 is 40.6 Å². The van der Waals surface area contributed by atoms with Crippen molar-refractivity contribution < 1.29 is 9.53 Å². The van der Waals surface area contributed by atoms with E-state index < -0.39 is 0 Å². The van der Waals surface area contributed by atoms with Crippen molar-refractivity contribution in [3.63, 3.8) is 0 Å². The summed E-state index contributed by atoms with van der Waals surface area (Å²) in [4.78, 5) is 16.8. The van der Waals surface area contributed by atoms with E-state index in [0.717, 1.165) is 27.8 Å². The van der Waals surface area contributed by atoms with Crippen molar-refractivity contribution in [3.8, 4) is 17.1 Å². The van der Waals surface area contributed by atoms with Gasteiger partial charge in [-0.3, -0.25) is 9.36 Å². The SMILES string of the molecule is COCCCNC(=O)c1csc(CSc2nnc(-c3ccccc3Cl)n2-c2ccc(C)cc2)n1. The summed E-state index contributed by atoms with van der Waals surface area (Å²) in [6, 6.07) is 15.8. The number of hydrogen-bond acceptors (Lipinski definition) is 7. The zero-order valence-electron chi connectivity index (χ0n) is 18.8. The van der Waals surface area contributed by atoms with Crippen molar-refractivity contribution in [1.29, 1.82) is 0 Å². The molecule has 4 rings (SSSR count). The number of nitrogens with one attached hydrogen (secondary N) is 1. The first kappa shape index (κ1) is 24.4. The van der Waals surface area contributed by atoms with Gasteiger partial charge in [-0.05, 0) is 37.6 Å². The summed E-state index contributed by atoms with van der Waals surface area (Å²) in [5, 5.41) is 15.7. The third kappa shape index (κ3) is 5.85. The van der Waals surface area contributed by atoms with Crippen LogP contribution in [0.5, 0.6) is 0 Å². The Kier molecular flexibility index (Phi) is 8.34. The highest BCUT2D eigenvalue weighted by Gasteiger charge is 2.19. The Morgan fingerprint density at radius 3 is 2.74 bits per heavy atom. The predicted octanol–water partition coefficient (Wildman–Crippen LogP) is 5.41. The van der Waals surface area contributed by atoms with Crippen LogP contribution in [0.25, 0.3) is 17.1 Å². The minimum Gasteiger partial charge on any atom is -0.385 e. The maximum atomic E-state index is 12.3. The normalized spacial score (nSPS) is 11.0. The van der Waals surface area contributed by atoms with Crippen LogP contribution in [0.3, 0.4) is 0 Å². The fraction of sp³-hybridized carbons (Fsp3) is 0.250. The summed E-state index contributed by atoms with van der Waals surface area (Å²) >= 11 is 9.44. The Balaban J connectivity index is 1.54. The largest absolute Gasteiger partial charge is 0.385 e. The monoisotopic (exact) mass is 513 g/mol. The van der Waals surface area contributed by atoms with Crippen LogP contribution in [0.15, 0.2) is 59.1 Å². The number of halogens is 1. The van der Waals surface area contributed by atoms with Gasteiger partial charge in [0.05, 0.1) is 10.8 Å². The van der Waals surface area contributed by atoms with Crippen LogP contribution in [0.1, 0.15) is 27.5 Å². The highest BCUT2D eigenvalue weighted by atomic mass is 35.5. The number of hydrogen-bond donors (Lipinski definition) is 1. The second-order valence-corrected chi connectivity index (χ2v) is 9.77. The van der Waals surface area contributed by atoms with E-state index in [1.54, 1.807) is 12.5 Å². The van der Waals surface area contributed by atoms with E-state index in [1.807, 2.05) is 47.9 Å². The molecule has 1 amide bonds. The number of aryl methyl sites for hydroxylation is 1. The molecular formula is C24H24ClN5O2S2. The first-order valence-electron chi connectivity index (χ1n) is 10.7. The maximum Gasteiger partial charge on any atom is 0.270 e. The number of thiazole rings is 1. The number of ether oxygens (including phenoxy) is 1. The third-order valence-corrected chi connectivity index (χ3v) is 7.26. The molecule has 4 aromatic rings. The minimum absolute atomic E-state index is 0.174. The Labute approximate surface area is 211 Å². The lowest BCUT2D eigenvalue weighted by Gasteiger charge is -2.11. The number of benzene rings is 2. The molecule has 34 heavy (non-hydrogen) atoms. The molecule has 176 valence electrons. The average molecular weight is 514 g/mol. The molecule has 0 fully saturated rings. The maximum absolute atomic E-state index is 12.3. The van der Waals surface area contributed by atoms with E-state index in [2.05, 4.69) is 32.6 Å². The summed E-state index contributed by atoms with van der Waals surface area (Å²) in [5.74, 6) is 1.06. The van der Waals surface area contributed by atoms with Crippen molar-refractivity contribution in [2.75, 3.05) is 20.3 Å². The Hall–Kier alpha value is -2.72. The van der Waals surface area contributed by atoms with Crippen molar-refractivity contribution in [1.82, 2.24) is 25.1 Å². The predicted molar refractivity (Wildman–Crippen MR) is 137 cm³/mol. The minimum atomic E-state index is -0.174. The highest BCUT2D eigenvalue weighted by molar-refractivity contribution is 7.98. The third-order valence-electron chi connectivity index (χ3n) is 4.96. The molecule has 10 heteroatoms. The zero-order chi connectivity index (χ0) is 23.9. The number of aromatic nitrogens is 4. The zero-order valence-corrected chi connectivity index (χ0v) is 21.2. The molecule has 0 atom stereocenters. The summed E-state index contributed by atoms with van der Waals surface area (Å²) in [5.41, 5.74) is 3.35. The van der Waals surface area contributed by atoms with Crippen LogP contribution in [0, 0.1) is 6.92 Å². The number of carbonyl (C=O) groups is 1. The van der Waals surface area contributed by atoms with Gasteiger partial charge in [-0.25, -0.2) is 4.98 Å². The summed E-state index contributed by atoms with van der Waals surface area (Å²) in [6.45, 7) is 3.21. The lowest BCUT2D eigenvalue weighted by molar-refractivity contribution is 0.0944. The molecule has 0 saturated carbocycles. The number of carbonyl (C=O) groups excluding carboxylic acids is 1. The fourth-order valence-electron chi connectivity index (χ4n) is 3.22. The van der Waals surface area contributed by atoms with Gasteiger partial charge in [0.15, 0.2) is 11.0 Å². The molecule has 0 aliphatic carbocycles. The van der Waals surface area contributed by atoms with Gasteiger partial charge in [-0.15, -0.1) is 21.5 Å². The Bertz CT molecular complexity index is 1260. The first-order valence-corrected chi connectivity index (χ1v) is 12.9. The molecule has 2 aromatic carbocycles. The van der Waals surface area contributed by atoms with Crippen LogP contribution < -0.4 is 5.32 Å². The molecule has 1 N–H and O–H groups in total. The van der Waals surface area contributed by atoms with Crippen molar-refractivity contribution in [3.05, 3.63) is 75.2 Å². The van der Waals surface area contributed by atoms with Gasteiger partial charge >= 0.3 is 0 Å². The number of rotatable bonds is 10. The van der Waals surface area contributed by atoms with E-state index in [0.29, 0.717) is 35.4 Å². The standard InChI is InChI=1S/C24H24ClN5O2S2/c1-16-8-10-17(11-9-16)30-22(18-6-3-4-7-19(18)25)28-29-24(30)34-15-21-27-20(14-33-21)23(31)26-12-5-13-32-2/h3-4,6-11,14H,5,12-13,15H2,1-2H3,(H,26,31). The second kappa shape index (κ2) is 11.6. The topological polar surface area (TPSA) is 81.9 Å². The number of nitrogens with zero attached hydrogens (tertiary/aromatic N) is 4. The second-order valence-electron chi connectivity index (χ2n) is 7.47. The number of thioether (sulfide) groups is 1. The Morgan fingerprint density at radius 2 is 1.97 bits per heavy atom. The molecule has 0 spiro atoms. The van der Waals surface area contributed by atoms with Gasteiger partial charge in [0.1, 0.15) is 10.7 Å². The van der Waals surface area contributed by atoms with Gasteiger partial charge in [0.2, 0.25) is 0 Å². The summed E-state index contributed by atoms with van der Waals surface area (Å²) in [7, 11) is 1.64. The van der Waals surface area contributed by atoms with Gasteiger partial charge < -0.3 is 10.1 Å². The lowest BCUT2D eigenvalue weighted by atomic mass is 10.2. The van der Waals surface area contributed by atoms with Crippen molar-refractivity contribution in [2.24, 2.45) is 0 Å². The molecule has 7 nitrogen and oxygen atoms in total. The van der Waals surface area contributed by atoms with E-state index in [9.17, 15) is 4.79 Å². The van der Waals surface area contributed by atoms with Crippen LogP contribution in [0.2, 0.25) is 5.02 Å². The average Bonchev–Trinajstić information content (AvgIpc) is 3.49. The van der Waals surface area contributed by atoms with Crippen LogP contribution in [-0.2, 0) is 10.5 Å². The van der Waals surface area contributed by atoms with Gasteiger partial charge in [0.25, 0.3) is 5.91 Å². The molecule has 0 aliphatic heterocycles. The smallest absolute Gasteiger partial charge is 0.270 e. The van der Waals surface area contributed by atoms with Crippen LogP contribution >= 0.6 is 34.7 Å². The van der Waals surface area contributed by atoms with Gasteiger partial charge in [-0.1, -0.05) is 53.2 Å². The summed E-state index contributed by atoms with van der Waals surface area (Å²) in [6.07, 6.45) is 0.761. The molecular weight excluding hydrogens is 490 g/mol. The number of amides is 1. The quantitative estimate of drug-likeness (QED) is 0.225. The first-order chi connectivity index (χ1) is 16.6. The molecule has 0 saturated heterocycles. The van der Waals surface area contributed by atoms with Gasteiger partial charge in [-0.2, -0.15) is 0 Å². The van der Waals surface area contributed by atoms with E-state index in [1.165, 1.54) is 28.7 Å². The summed E-state index contributed by atoms with van der Waals surface area (Å²) < 4.78 is 7.01. The molecule has 0 radical (unpaired) electrons. The molecule has 0 bridgehead atoms. The molecule has 2 aromatic heterocycles. The highest BCUT2D eigenvalue weighted by Crippen LogP contribution is 2.33. The van der Waals surface area contributed by atoms with Gasteiger partial charge in [0, 0.05) is 36.9 Å². The van der Waals surface area contributed by atoms with E-state index in [4.69, 9.17) is 16.3 Å². The van der Waals surface area contributed by atoms with E-state index in [-0.39, 0.29) is 5.91 Å². The van der Waals surface area contributed by atoms with E-state index >= 15 is 0 Å². The molecule has 0 unspecified atom stereocenters. The molecule has 2 heterocycles. The molecule has 0 aliphatic rings. The van der Waals surface area contributed by atoms with Crippen LogP contribution in [-0.4, -0.2) is 45.9 Å². The van der Waals surface area contributed by atoms with Crippen LogP contribution in [0.4, 0.5) is 0 Å². The Morgan fingerprint density at radius 1 is 1.18 bits per heavy atom. The van der Waals surface area contributed by atoms with Crippen molar-refractivity contribution in [2.45, 2.75) is 24.3 Å². The number of methoxy groups -OCH3 is 1. The fourth-order valence-corrected chi connectivity index (χ4v) is 5.19. The lowest BCUT2D eigenvalue weighted by Crippen LogP contribution is -2.25.